The molecule has 0 aliphatic heterocycles. The van der Waals surface area contributed by atoms with Crippen molar-refractivity contribution in [2.75, 3.05) is 0 Å². The van der Waals surface area contributed by atoms with Crippen molar-refractivity contribution in [3.05, 3.63) is 97.0 Å². The van der Waals surface area contributed by atoms with Gasteiger partial charge in [0.25, 0.3) is 0 Å². The molecule has 3 aromatic rings. The molecule has 28 heavy (non-hydrogen) atoms. The number of benzene rings is 3. The highest BCUT2D eigenvalue weighted by atomic mass is 127. The molecule has 140 valence electrons. The average molecular weight is 547 g/mol. The fraction of sp³-hybridized carbons (Fsp3) is 0.0909. The number of nitriles is 1. The van der Waals surface area contributed by atoms with E-state index in [4.69, 9.17) is 14.8 Å². The third-order valence-corrected chi connectivity index (χ3v) is 5.24. The lowest BCUT2D eigenvalue weighted by molar-refractivity contribution is 0.132. The Morgan fingerprint density at radius 1 is 1.04 bits per heavy atom. The van der Waals surface area contributed by atoms with Crippen molar-refractivity contribution in [2.45, 2.75) is 13.2 Å². The van der Waals surface area contributed by atoms with E-state index in [2.05, 4.69) is 74.0 Å². The minimum absolute atomic E-state index is 0.249. The fourth-order valence-corrected chi connectivity index (χ4v) is 3.29. The van der Waals surface area contributed by atoms with Crippen molar-refractivity contribution in [3.8, 4) is 11.8 Å². The van der Waals surface area contributed by atoms with Gasteiger partial charge in [0.15, 0.2) is 0 Å². The van der Waals surface area contributed by atoms with E-state index in [1.807, 2.05) is 36.4 Å². The highest BCUT2D eigenvalue weighted by molar-refractivity contribution is 14.1. The Labute approximate surface area is 186 Å². The van der Waals surface area contributed by atoms with Gasteiger partial charge in [0.1, 0.15) is 19.0 Å². The van der Waals surface area contributed by atoms with Crippen LogP contribution in [0.25, 0.3) is 0 Å². The Bertz CT molecular complexity index is 1010. The lowest BCUT2D eigenvalue weighted by Crippen LogP contribution is -1.97. The summed E-state index contributed by atoms with van der Waals surface area (Å²) < 4.78 is 7.91. The van der Waals surface area contributed by atoms with Gasteiger partial charge in [-0.1, -0.05) is 35.5 Å². The predicted molar refractivity (Wildman–Crippen MR) is 121 cm³/mol. The monoisotopic (exact) mass is 546 g/mol. The van der Waals surface area contributed by atoms with Crippen molar-refractivity contribution in [1.29, 1.82) is 5.26 Å². The number of oxime groups is 1. The second-order valence-electron chi connectivity index (χ2n) is 5.88. The van der Waals surface area contributed by atoms with Crippen LogP contribution in [0.15, 0.2) is 76.4 Å². The van der Waals surface area contributed by atoms with Gasteiger partial charge in [-0.2, -0.15) is 5.26 Å². The predicted octanol–water partition coefficient (Wildman–Crippen LogP) is 6.06. The highest BCUT2D eigenvalue weighted by Crippen LogP contribution is 2.26. The van der Waals surface area contributed by atoms with Gasteiger partial charge in [-0.25, -0.2) is 0 Å². The minimum Gasteiger partial charge on any atom is -0.488 e. The Hall–Kier alpha value is -2.37. The first kappa shape index (κ1) is 20.4. The maximum Gasteiger partial charge on any atom is 0.143 e. The maximum atomic E-state index is 9.08. The van der Waals surface area contributed by atoms with Crippen LogP contribution in [-0.2, 0) is 18.1 Å². The van der Waals surface area contributed by atoms with E-state index < -0.39 is 0 Å². The van der Waals surface area contributed by atoms with Gasteiger partial charge in [-0.15, -0.1) is 0 Å². The van der Waals surface area contributed by atoms with E-state index in [1.54, 1.807) is 12.3 Å². The zero-order valence-corrected chi connectivity index (χ0v) is 18.6. The van der Waals surface area contributed by atoms with E-state index in [9.17, 15) is 0 Å². The third-order valence-electron chi connectivity index (χ3n) is 3.90. The minimum atomic E-state index is 0.249. The summed E-state index contributed by atoms with van der Waals surface area (Å²) in [6, 6.07) is 23.4. The van der Waals surface area contributed by atoms with Gasteiger partial charge in [0.2, 0.25) is 0 Å². The third kappa shape index (κ3) is 5.81. The molecule has 0 aliphatic rings. The summed E-state index contributed by atoms with van der Waals surface area (Å²) in [5.41, 5.74) is 3.39. The lowest BCUT2D eigenvalue weighted by Gasteiger charge is -2.09. The van der Waals surface area contributed by atoms with Crippen LogP contribution in [0.2, 0.25) is 0 Å². The van der Waals surface area contributed by atoms with Crippen LogP contribution in [0.1, 0.15) is 22.3 Å². The SMILES string of the molecule is N#Cc1ccccc1CO/N=C\c1ccc(OCc2ccc(I)cc2)c(Br)c1. The number of hydrogen-bond acceptors (Lipinski definition) is 4. The van der Waals surface area contributed by atoms with E-state index >= 15 is 0 Å². The van der Waals surface area contributed by atoms with Gasteiger partial charge in [0.05, 0.1) is 22.3 Å². The van der Waals surface area contributed by atoms with Crippen LogP contribution in [0.4, 0.5) is 0 Å². The summed E-state index contributed by atoms with van der Waals surface area (Å²) >= 11 is 5.81. The number of hydrogen-bond donors (Lipinski definition) is 0. The quantitative estimate of drug-likeness (QED) is 0.206. The normalized spacial score (nSPS) is 10.6. The number of nitrogens with zero attached hydrogens (tertiary/aromatic N) is 2. The van der Waals surface area contributed by atoms with Crippen LogP contribution in [0, 0.1) is 14.9 Å². The zero-order valence-electron chi connectivity index (χ0n) is 14.8. The largest absolute Gasteiger partial charge is 0.488 e. The Balaban J connectivity index is 1.55. The second-order valence-corrected chi connectivity index (χ2v) is 7.98. The van der Waals surface area contributed by atoms with Crippen LogP contribution >= 0.6 is 38.5 Å². The molecule has 4 nitrogen and oxygen atoms in total. The van der Waals surface area contributed by atoms with Crippen LogP contribution in [-0.4, -0.2) is 6.21 Å². The van der Waals surface area contributed by atoms with Crippen LogP contribution in [0.3, 0.4) is 0 Å². The van der Waals surface area contributed by atoms with Gasteiger partial charge in [-0.05, 0) is 86.0 Å². The Morgan fingerprint density at radius 2 is 1.82 bits per heavy atom. The number of ether oxygens (including phenoxy) is 1. The molecule has 0 aliphatic carbocycles. The molecule has 0 N–H and O–H groups in total. The molecule has 0 radical (unpaired) electrons. The van der Waals surface area contributed by atoms with Crippen molar-refractivity contribution in [1.82, 2.24) is 0 Å². The summed E-state index contributed by atoms with van der Waals surface area (Å²) in [4.78, 5) is 5.32. The molecule has 0 bridgehead atoms. The molecule has 0 heterocycles. The molecule has 0 saturated carbocycles. The van der Waals surface area contributed by atoms with Gasteiger partial charge < -0.3 is 9.57 Å². The van der Waals surface area contributed by atoms with Crippen molar-refractivity contribution >= 4 is 44.7 Å². The molecule has 0 fully saturated rings. The lowest BCUT2D eigenvalue weighted by atomic mass is 10.1. The van der Waals surface area contributed by atoms with Crippen LogP contribution in [0.5, 0.6) is 5.75 Å². The summed E-state index contributed by atoms with van der Waals surface area (Å²) in [6.07, 6.45) is 1.63. The Morgan fingerprint density at radius 3 is 2.57 bits per heavy atom. The molecule has 0 saturated heterocycles. The number of rotatable bonds is 7. The first-order valence-electron chi connectivity index (χ1n) is 8.46. The van der Waals surface area contributed by atoms with Crippen LogP contribution < -0.4 is 4.74 Å². The fourth-order valence-electron chi connectivity index (χ4n) is 2.42. The zero-order chi connectivity index (χ0) is 19.8. The first-order valence-corrected chi connectivity index (χ1v) is 10.3. The average Bonchev–Trinajstić information content (AvgIpc) is 2.72. The molecular weight excluding hydrogens is 531 g/mol. The summed E-state index contributed by atoms with van der Waals surface area (Å²) in [5, 5.41) is 13.1. The van der Waals surface area contributed by atoms with E-state index in [-0.39, 0.29) is 6.61 Å². The van der Waals surface area contributed by atoms with Crippen molar-refractivity contribution in [2.24, 2.45) is 5.16 Å². The molecular formula is C22H16BrIN2O2. The standard InChI is InChI=1S/C22H16BrIN2O2/c23-21-11-17(13-26-28-15-19-4-2-1-3-18(19)12-25)7-10-22(21)27-14-16-5-8-20(24)9-6-16/h1-11,13H,14-15H2/b26-13-. The van der Waals surface area contributed by atoms with E-state index in [0.717, 1.165) is 26.9 Å². The summed E-state index contributed by atoms with van der Waals surface area (Å²) in [6.45, 7) is 0.753. The van der Waals surface area contributed by atoms with Gasteiger partial charge in [-0.3, -0.25) is 0 Å². The van der Waals surface area contributed by atoms with E-state index in [0.29, 0.717) is 12.2 Å². The highest BCUT2D eigenvalue weighted by Gasteiger charge is 2.04. The first-order chi connectivity index (χ1) is 13.7. The molecule has 0 atom stereocenters. The molecule has 3 aromatic carbocycles. The second kappa shape index (κ2) is 10.2. The molecule has 3 rings (SSSR count). The molecule has 0 unspecified atom stereocenters. The van der Waals surface area contributed by atoms with Gasteiger partial charge in [0, 0.05) is 9.13 Å². The molecule has 0 spiro atoms. The maximum absolute atomic E-state index is 9.08. The molecule has 0 amide bonds. The topological polar surface area (TPSA) is 54.6 Å². The number of halogens is 2. The summed E-state index contributed by atoms with van der Waals surface area (Å²) in [5.74, 6) is 0.763. The van der Waals surface area contributed by atoms with Crippen molar-refractivity contribution < 1.29 is 9.57 Å². The smallest absolute Gasteiger partial charge is 0.143 e. The summed E-state index contributed by atoms with van der Waals surface area (Å²) in [7, 11) is 0. The Kier molecular flexibility index (Phi) is 7.46. The van der Waals surface area contributed by atoms with Gasteiger partial charge >= 0.3 is 0 Å². The van der Waals surface area contributed by atoms with Crippen molar-refractivity contribution in [3.63, 3.8) is 0 Å². The molecule has 6 heteroatoms. The molecule has 0 aromatic heterocycles. The van der Waals surface area contributed by atoms with E-state index in [1.165, 1.54) is 3.57 Å².